The van der Waals surface area contributed by atoms with Crippen molar-refractivity contribution in [3.8, 4) is 0 Å². The van der Waals surface area contributed by atoms with Crippen molar-refractivity contribution >= 4 is 11.8 Å². The van der Waals surface area contributed by atoms with Crippen molar-refractivity contribution in [3.05, 3.63) is 23.9 Å². The summed E-state index contributed by atoms with van der Waals surface area (Å²) >= 11 is 0. The molecule has 138 valence electrons. The molecule has 0 amide bonds. The van der Waals surface area contributed by atoms with Gasteiger partial charge in [0.25, 0.3) is 0 Å². The number of hydrogen-bond acceptors (Lipinski definition) is 4. The number of nitrogens with one attached hydrogen (secondary N) is 1. The molecule has 1 aliphatic carbocycles. The number of aliphatic carboxylic acids is 1. The smallest absolute Gasteiger partial charge is 0.303 e. The molecule has 0 radical (unpaired) electrons. The van der Waals surface area contributed by atoms with Crippen molar-refractivity contribution < 1.29 is 9.90 Å². The molecule has 0 atom stereocenters. The molecule has 2 heterocycles. The van der Waals surface area contributed by atoms with Gasteiger partial charge in [0.1, 0.15) is 5.82 Å². The maximum Gasteiger partial charge on any atom is 0.303 e. The molecule has 1 saturated heterocycles. The van der Waals surface area contributed by atoms with Gasteiger partial charge in [0.2, 0.25) is 0 Å². The fourth-order valence-corrected chi connectivity index (χ4v) is 4.42. The number of carboxylic acid groups (broad SMARTS) is 1. The van der Waals surface area contributed by atoms with Crippen molar-refractivity contribution in [3.63, 3.8) is 0 Å². The summed E-state index contributed by atoms with van der Waals surface area (Å²) in [5.74, 6) is 0.339. The first-order chi connectivity index (χ1) is 12.0. The monoisotopic (exact) mass is 345 g/mol. The third kappa shape index (κ3) is 5.18. The van der Waals surface area contributed by atoms with Crippen molar-refractivity contribution in [2.75, 3.05) is 25.0 Å². The topological polar surface area (TPSA) is 65.5 Å². The highest BCUT2D eigenvalue weighted by molar-refractivity contribution is 5.67. The van der Waals surface area contributed by atoms with Crippen LogP contribution in [0.4, 0.5) is 5.82 Å². The summed E-state index contributed by atoms with van der Waals surface area (Å²) in [5, 5.41) is 12.8. The Labute approximate surface area is 150 Å². The number of carboxylic acids is 1. The van der Waals surface area contributed by atoms with E-state index >= 15 is 0 Å². The Morgan fingerprint density at radius 2 is 2.04 bits per heavy atom. The number of pyridine rings is 1. The number of likely N-dealkylation sites (tertiary alicyclic amines) is 1. The van der Waals surface area contributed by atoms with Crippen LogP contribution in [0.3, 0.4) is 0 Å². The van der Waals surface area contributed by atoms with E-state index in [0.29, 0.717) is 12.5 Å². The number of anilines is 1. The Kier molecular flexibility index (Phi) is 5.94. The van der Waals surface area contributed by atoms with Crippen molar-refractivity contribution in [1.82, 2.24) is 9.88 Å². The first-order valence-corrected chi connectivity index (χ1v) is 9.68. The average molecular weight is 345 g/mol. The zero-order chi connectivity index (χ0) is 17.7. The lowest BCUT2D eigenvalue weighted by atomic mass is 9.79. The number of hydrogen-bond donors (Lipinski definition) is 2. The Hall–Kier alpha value is -1.62. The van der Waals surface area contributed by atoms with Crippen LogP contribution in [0.2, 0.25) is 0 Å². The molecule has 25 heavy (non-hydrogen) atoms. The predicted molar refractivity (Wildman–Crippen MR) is 99.8 cm³/mol. The highest BCUT2D eigenvalue weighted by Crippen LogP contribution is 2.44. The molecule has 0 aromatic carbocycles. The van der Waals surface area contributed by atoms with Crippen molar-refractivity contribution in [1.29, 1.82) is 0 Å². The van der Waals surface area contributed by atoms with E-state index in [0.717, 1.165) is 57.6 Å². The summed E-state index contributed by atoms with van der Waals surface area (Å²) in [4.78, 5) is 18.2. The second kappa shape index (κ2) is 8.17. The van der Waals surface area contributed by atoms with Crippen LogP contribution >= 0.6 is 0 Å². The quantitative estimate of drug-likeness (QED) is 0.789. The zero-order valence-electron chi connectivity index (χ0n) is 15.3. The van der Waals surface area contributed by atoms with Crippen LogP contribution in [0.15, 0.2) is 18.3 Å². The lowest BCUT2D eigenvalue weighted by Gasteiger charge is -2.35. The third-order valence-electron chi connectivity index (χ3n) is 6.00. The van der Waals surface area contributed by atoms with E-state index in [1.165, 1.54) is 18.4 Å². The van der Waals surface area contributed by atoms with Gasteiger partial charge in [-0.2, -0.15) is 0 Å². The number of carbonyl (C=O) groups is 1. The Bertz CT molecular complexity index is 559. The molecule has 0 spiro atoms. The molecule has 5 heteroatoms. The number of rotatable bonds is 7. The molecule has 0 unspecified atom stereocenters. The molecule has 3 rings (SSSR count). The van der Waals surface area contributed by atoms with Crippen LogP contribution in [0.5, 0.6) is 0 Å². The second-order valence-corrected chi connectivity index (χ2v) is 8.01. The minimum Gasteiger partial charge on any atom is -0.481 e. The molecule has 2 N–H and O–H groups in total. The minimum absolute atomic E-state index is 0.0623. The first-order valence-electron chi connectivity index (χ1n) is 9.68. The predicted octanol–water partition coefficient (Wildman–Crippen LogP) is 3.69. The molecular weight excluding hydrogens is 314 g/mol. The highest BCUT2D eigenvalue weighted by atomic mass is 16.4. The van der Waals surface area contributed by atoms with E-state index in [1.807, 2.05) is 6.20 Å². The van der Waals surface area contributed by atoms with E-state index in [2.05, 4.69) is 34.3 Å². The number of aromatic nitrogens is 1. The van der Waals surface area contributed by atoms with Crippen LogP contribution in [-0.4, -0.2) is 46.6 Å². The molecular formula is C20H31N3O2. The molecule has 1 aliphatic heterocycles. The molecule has 1 saturated carbocycles. The lowest BCUT2D eigenvalue weighted by molar-refractivity contribution is -0.139. The summed E-state index contributed by atoms with van der Waals surface area (Å²) in [6, 6.07) is 4.64. The van der Waals surface area contributed by atoms with E-state index in [-0.39, 0.29) is 5.41 Å². The van der Waals surface area contributed by atoms with Gasteiger partial charge < -0.3 is 15.3 Å². The molecule has 1 aromatic heterocycles. The Morgan fingerprint density at radius 1 is 1.32 bits per heavy atom. The summed E-state index contributed by atoms with van der Waals surface area (Å²) < 4.78 is 0. The van der Waals surface area contributed by atoms with E-state index < -0.39 is 5.97 Å². The largest absolute Gasteiger partial charge is 0.481 e. The van der Waals surface area contributed by atoms with Gasteiger partial charge in [-0.15, -0.1) is 0 Å². The van der Waals surface area contributed by atoms with E-state index in [1.54, 1.807) is 0 Å². The molecule has 5 nitrogen and oxygen atoms in total. The van der Waals surface area contributed by atoms with Crippen LogP contribution in [0.25, 0.3) is 0 Å². The molecule has 1 aromatic rings. The summed E-state index contributed by atoms with van der Waals surface area (Å²) in [5.41, 5.74) is 1.25. The fraction of sp³-hybridized carbons (Fsp3) is 0.700. The summed E-state index contributed by atoms with van der Waals surface area (Å²) in [7, 11) is 0. The van der Waals surface area contributed by atoms with Gasteiger partial charge in [-0.05, 0) is 62.6 Å². The lowest BCUT2D eigenvalue weighted by Crippen LogP contribution is -2.41. The van der Waals surface area contributed by atoms with E-state index in [4.69, 9.17) is 0 Å². The van der Waals surface area contributed by atoms with Gasteiger partial charge in [-0.3, -0.25) is 4.79 Å². The first kappa shape index (κ1) is 18.2. The summed E-state index contributed by atoms with van der Waals surface area (Å²) in [6.07, 6.45) is 10.1. The maximum atomic E-state index is 11.2. The van der Waals surface area contributed by atoms with Crippen LogP contribution < -0.4 is 5.32 Å². The van der Waals surface area contributed by atoms with Gasteiger partial charge in [0, 0.05) is 25.3 Å². The highest BCUT2D eigenvalue weighted by Gasteiger charge is 2.36. The summed E-state index contributed by atoms with van der Waals surface area (Å²) in [6.45, 7) is 5.28. The van der Waals surface area contributed by atoms with Gasteiger partial charge in [-0.25, -0.2) is 4.98 Å². The van der Waals surface area contributed by atoms with Crippen molar-refractivity contribution in [2.45, 2.75) is 64.3 Å². The SMILES string of the molecule is Cc1ccc(NC2CCN(CCC3(CC(=O)O)CCCC3)CC2)nc1. The van der Waals surface area contributed by atoms with Gasteiger partial charge in [-0.1, -0.05) is 18.9 Å². The Balaban J connectivity index is 1.43. The van der Waals surface area contributed by atoms with Crippen molar-refractivity contribution in [2.24, 2.45) is 5.41 Å². The number of aryl methyl sites for hydroxylation is 1. The normalized spacial score (nSPS) is 21.3. The Morgan fingerprint density at radius 3 is 2.64 bits per heavy atom. The zero-order valence-corrected chi connectivity index (χ0v) is 15.3. The molecule has 2 aliphatic rings. The standard InChI is InChI=1S/C20H31N3O2/c1-16-4-5-18(21-15-16)22-17-6-11-23(12-7-17)13-10-20(14-19(24)25)8-2-3-9-20/h4-5,15,17H,2-3,6-14H2,1H3,(H,21,22)(H,24,25). The average Bonchev–Trinajstić information content (AvgIpc) is 3.04. The van der Waals surface area contributed by atoms with Crippen LogP contribution in [0.1, 0.15) is 56.9 Å². The maximum absolute atomic E-state index is 11.2. The second-order valence-electron chi connectivity index (χ2n) is 8.01. The molecule has 0 bridgehead atoms. The third-order valence-corrected chi connectivity index (χ3v) is 6.00. The number of piperidine rings is 1. The molecule has 2 fully saturated rings. The van der Waals surface area contributed by atoms with E-state index in [9.17, 15) is 9.90 Å². The van der Waals surface area contributed by atoms with Gasteiger partial charge in [0.15, 0.2) is 0 Å². The minimum atomic E-state index is -0.629. The van der Waals surface area contributed by atoms with Crippen LogP contribution in [-0.2, 0) is 4.79 Å². The fourth-order valence-electron chi connectivity index (χ4n) is 4.42. The number of nitrogens with zero attached hydrogens (tertiary/aromatic N) is 2. The van der Waals surface area contributed by atoms with Gasteiger partial charge >= 0.3 is 5.97 Å². The van der Waals surface area contributed by atoms with Gasteiger partial charge in [0.05, 0.1) is 6.42 Å². The van der Waals surface area contributed by atoms with Crippen LogP contribution in [0, 0.1) is 12.3 Å².